The Hall–Kier alpha value is -0.820. The lowest BCUT2D eigenvalue weighted by atomic mass is 10.0. The summed E-state index contributed by atoms with van der Waals surface area (Å²) in [6.45, 7) is 9.02. The van der Waals surface area contributed by atoms with Gasteiger partial charge in [0.25, 0.3) is 0 Å². The van der Waals surface area contributed by atoms with E-state index in [-0.39, 0.29) is 0 Å². The first-order chi connectivity index (χ1) is 7.09. The average Bonchev–Trinajstić information content (AvgIpc) is 2.45. The minimum atomic E-state index is 0.735. The number of thiophene rings is 1. The van der Waals surface area contributed by atoms with Crippen molar-refractivity contribution in [2.75, 3.05) is 0 Å². The van der Waals surface area contributed by atoms with Crippen molar-refractivity contribution in [2.24, 2.45) is 5.92 Å². The molecule has 0 fully saturated rings. The smallest absolute Gasteiger partial charge is 0.0380 e. The molecule has 1 heteroatoms. The SMILES string of the molecule is Cc1sc2c(CC(C)C)cccc2c1C. The third-order valence-electron chi connectivity index (χ3n) is 2.91. The molecule has 1 heterocycles. The van der Waals surface area contributed by atoms with Gasteiger partial charge in [-0.25, -0.2) is 0 Å². The van der Waals surface area contributed by atoms with Crippen molar-refractivity contribution in [3.63, 3.8) is 0 Å². The van der Waals surface area contributed by atoms with Crippen LogP contribution in [0.4, 0.5) is 0 Å². The van der Waals surface area contributed by atoms with Crippen LogP contribution in [0.5, 0.6) is 0 Å². The van der Waals surface area contributed by atoms with Crippen LogP contribution in [0.25, 0.3) is 10.1 Å². The summed E-state index contributed by atoms with van der Waals surface area (Å²) in [4.78, 5) is 1.46. The molecule has 0 saturated carbocycles. The van der Waals surface area contributed by atoms with Gasteiger partial charge in [-0.1, -0.05) is 32.0 Å². The quantitative estimate of drug-likeness (QED) is 0.684. The van der Waals surface area contributed by atoms with E-state index in [1.54, 1.807) is 0 Å². The van der Waals surface area contributed by atoms with E-state index in [4.69, 9.17) is 0 Å². The lowest BCUT2D eigenvalue weighted by molar-refractivity contribution is 0.650. The predicted molar refractivity (Wildman–Crippen MR) is 69.8 cm³/mol. The zero-order valence-electron chi connectivity index (χ0n) is 9.92. The monoisotopic (exact) mass is 218 g/mol. The van der Waals surface area contributed by atoms with Crippen molar-refractivity contribution < 1.29 is 0 Å². The summed E-state index contributed by atoms with van der Waals surface area (Å²) >= 11 is 1.95. The summed E-state index contributed by atoms with van der Waals surface area (Å²) in [6.07, 6.45) is 1.19. The highest BCUT2D eigenvalue weighted by molar-refractivity contribution is 7.19. The Morgan fingerprint density at radius 3 is 2.60 bits per heavy atom. The third-order valence-corrected chi connectivity index (χ3v) is 4.21. The fourth-order valence-corrected chi connectivity index (χ4v) is 3.20. The maximum Gasteiger partial charge on any atom is 0.0380 e. The molecule has 1 aromatic heterocycles. The van der Waals surface area contributed by atoms with Crippen LogP contribution >= 0.6 is 11.3 Å². The molecule has 2 aromatic rings. The van der Waals surface area contributed by atoms with E-state index in [0.29, 0.717) is 0 Å². The molecule has 0 nitrogen and oxygen atoms in total. The third kappa shape index (κ3) is 1.93. The number of hydrogen-bond donors (Lipinski definition) is 0. The molecule has 0 bridgehead atoms. The Kier molecular flexibility index (Phi) is 2.83. The van der Waals surface area contributed by atoms with Crippen LogP contribution in [0.15, 0.2) is 18.2 Å². The first-order valence-electron chi connectivity index (χ1n) is 5.57. The van der Waals surface area contributed by atoms with E-state index in [2.05, 4.69) is 45.9 Å². The van der Waals surface area contributed by atoms with Crippen LogP contribution in [-0.2, 0) is 6.42 Å². The molecule has 2 rings (SSSR count). The van der Waals surface area contributed by atoms with E-state index in [0.717, 1.165) is 5.92 Å². The molecule has 0 aliphatic carbocycles. The standard InChI is InChI=1S/C14H18S/c1-9(2)8-12-6-5-7-13-10(3)11(4)15-14(12)13/h5-7,9H,8H2,1-4H3. The predicted octanol–water partition coefficient (Wildman–Crippen LogP) is 4.72. The van der Waals surface area contributed by atoms with Crippen LogP contribution in [0, 0.1) is 19.8 Å². The molecular weight excluding hydrogens is 200 g/mol. The van der Waals surface area contributed by atoms with Gasteiger partial charge in [-0.05, 0) is 42.7 Å². The highest BCUT2D eigenvalue weighted by atomic mass is 32.1. The number of hydrogen-bond acceptors (Lipinski definition) is 1. The molecule has 1 aromatic carbocycles. The zero-order chi connectivity index (χ0) is 11.0. The number of benzene rings is 1. The van der Waals surface area contributed by atoms with Crippen molar-refractivity contribution in [3.05, 3.63) is 34.2 Å². The first kappa shape index (κ1) is 10.7. The van der Waals surface area contributed by atoms with Crippen molar-refractivity contribution in [1.82, 2.24) is 0 Å². The fraction of sp³-hybridized carbons (Fsp3) is 0.429. The Bertz CT molecular complexity index is 477. The van der Waals surface area contributed by atoms with Gasteiger partial charge in [0.2, 0.25) is 0 Å². The molecule has 0 spiro atoms. The Labute approximate surface area is 95.9 Å². The van der Waals surface area contributed by atoms with Crippen molar-refractivity contribution in [3.8, 4) is 0 Å². The van der Waals surface area contributed by atoms with Gasteiger partial charge in [-0.2, -0.15) is 0 Å². The summed E-state index contributed by atoms with van der Waals surface area (Å²) in [6, 6.07) is 6.72. The van der Waals surface area contributed by atoms with Gasteiger partial charge in [-0.15, -0.1) is 11.3 Å². The minimum Gasteiger partial charge on any atom is -0.140 e. The second kappa shape index (κ2) is 3.97. The molecule has 0 atom stereocenters. The van der Waals surface area contributed by atoms with Gasteiger partial charge < -0.3 is 0 Å². The van der Waals surface area contributed by atoms with Crippen LogP contribution in [0.2, 0.25) is 0 Å². The molecule has 80 valence electrons. The second-order valence-corrected chi connectivity index (χ2v) is 5.90. The summed E-state index contributed by atoms with van der Waals surface area (Å²) in [5.41, 5.74) is 2.98. The zero-order valence-corrected chi connectivity index (χ0v) is 10.7. The topological polar surface area (TPSA) is 0 Å². The summed E-state index contributed by atoms with van der Waals surface area (Å²) < 4.78 is 1.50. The van der Waals surface area contributed by atoms with E-state index in [1.807, 2.05) is 11.3 Å². The normalized spacial score (nSPS) is 11.5. The maximum atomic E-state index is 2.28. The Balaban J connectivity index is 2.61. The highest BCUT2D eigenvalue weighted by Gasteiger charge is 2.09. The van der Waals surface area contributed by atoms with Crippen LogP contribution in [0.1, 0.15) is 29.9 Å². The van der Waals surface area contributed by atoms with Gasteiger partial charge in [0, 0.05) is 9.58 Å². The van der Waals surface area contributed by atoms with Gasteiger partial charge >= 0.3 is 0 Å². The molecule has 0 radical (unpaired) electrons. The van der Waals surface area contributed by atoms with Gasteiger partial charge in [0.15, 0.2) is 0 Å². The molecule has 0 aliphatic rings. The first-order valence-corrected chi connectivity index (χ1v) is 6.39. The maximum absolute atomic E-state index is 2.28. The molecule has 0 N–H and O–H groups in total. The summed E-state index contributed by atoms with van der Waals surface area (Å²) in [7, 11) is 0. The van der Waals surface area contributed by atoms with Crippen molar-refractivity contribution in [2.45, 2.75) is 34.1 Å². The fourth-order valence-electron chi connectivity index (χ4n) is 2.02. The largest absolute Gasteiger partial charge is 0.140 e. The lowest BCUT2D eigenvalue weighted by Crippen LogP contribution is -1.93. The number of aryl methyl sites for hydroxylation is 2. The van der Waals surface area contributed by atoms with E-state index in [9.17, 15) is 0 Å². The van der Waals surface area contributed by atoms with Crippen LogP contribution in [0.3, 0.4) is 0 Å². The van der Waals surface area contributed by atoms with Gasteiger partial charge in [0.1, 0.15) is 0 Å². The van der Waals surface area contributed by atoms with Gasteiger partial charge in [-0.3, -0.25) is 0 Å². The van der Waals surface area contributed by atoms with Crippen molar-refractivity contribution in [1.29, 1.82) is 0 Å². The van der Waals surface area contributed by atoms with Gasteiger partial charge in [0.05, 0.1) is 0 Å². The molecule has 0 unspecified atom stereocenters. The summed E-state index contributed by atoms with van der Waals surface area (Å²) in [5, 5.41) is 1.45. The average molecular weight is 218 g/mol. The van der Waals surface area contributed by atoms with Crippen LogP contribution < -0.4 is 0 Å². The summed E-state index contributed by atoms with van der Waals surface area (Å²) in [5.74, 6) is 0.735. The molecular formula is C14H18S. The number of rotatable bonds is 2. The number of fused-ring (bicyclic) bond motifs is 1. The molecule has 0 aliphatic heterocycles. The van der Waals surface area contributed by atoms with E-state index >= 15 is 0 Å². The van der Waals surface area contributed by atoms with Crippen LogP contribution in [-0.4, -0.2) is 0 Å². The van der Waals surface area contributed by atoms with E-state index < -0.39 is 0 Å². The Morgan fingerprint density at radius 1 is 1.20 bits per heavy atom. The highest BCUT2D eigenvalue weighted by Crippen LogP contribution is 2.33. The van der Waals surface area contributed by atoms with Crippen molar-refractivity contribution >= 4 is 21.4 Å². The minimum absolute atomic E-state index is 0.735. The molecule has 0 saturated heterocycles. The molecule has 15 heavy (non-hydrogen) atoms. The second-order valence-electron chi connectivity index (χ2n) is 4.68. The lowest BCUT2D eigenvalue weighted by Gasteiger charge is -2.05. The van der Waals surface area contributed by atoms with E-state index in [1.165, 1.54) is 32.5 Å². The molecule has 0 amide bonds. The Morgan fingerprint density at radius 2 is 1.93 bits per heavy atom.